The lowest BCUT2D eigenvalue weighted by molar-refractivity contribution is 0.670. The Kier molecular flexibility index (Phi) is 10.8. The van der Waals surface area contributed by atoms with Gasteiger partial charge in [0.2, 0.25) is 0 Å². The summed E-state index contributed by atoms with van der Waals surface area (Å²) in [6.45, 7) is 0. The molecular formula is C72H48N2O. The zero-order chi connectivity index (χ0) is 49.7. The van der Waals surface area contributed by atoms with E-state index >= 15 is 0 Å². The molecule has 0 amide bonds. The molecule has 3 nitrogen and oxygen atoms in total. The quantitative estimate of drug-likeness (QED) is 0.136. The van der Waals surface area contributed by atoms with E-state index in [0.717, 1.165) is 72.4 Å². The van der Waals surface area contributed by atoms with Crippen LogP contribution in [0.3, 0.4) is 0 Å². The average molecular weight is 957 g/mol. The lowest BCUT2D eigenvalue weighted by Crippen LogP contribution is -2.09. The molecule has 0 N–H and O–H groups in total. The maximum absolute atomic E-state index is 6.45. The lowest BCUT2D eigenvalue weighted by atomic mass is 9.97. The number of furan rings is 1. The average Bonchev–Trinajstić information content (AvgIpc) is 4.05. The van der Waals surface area contributed by atoms with E-state index in [9.17, 15) is 0 Å². The van der Waals surface area contributed by atoms with Crippen molar-refractivity contribution in [1.29, 1.82) is 0 Å². The lowest BCUT2D eigenvalue weighted by Gasteiger charge is -2.26. The molecular weight excluding hydrogens is 909 g/mol. The number of nitrogens with zero attached hydrogens (tertiary/aromatic N) is 2. The van der Waals surface area contributed by atoms with E-state index in [1.54, 1.807) is 0 Å². The Morgan fingerprint density at radius 3 is 1.24 bits per heavy atom. The third-order valence-corrected chi connectivity index (χ3v) is 14.8. The van der Waals surface area contributed by atoms with Crippen LogP contribution in [0, 0.1) is 0 Å². The van der Waals surface area contributed by atoms with Crippen molar-refractivity contribution in [3.63, 3.8) is 0 Å². The van der Waals surface area contributed by atoms with Crippen molar-refractivity contribution in [3.05, 3.63) is 291 Å². The summed E-state index contributed by atoms with van der Waals surface area (Å²) in [6, 6.07) is 105. The van der Waals surface area contributed by atoms with Gasteiger partial charge in [-0.3, -0.25) is 0 Å². The smallest absolute Gasteiger partial charge is 0.143 e. The van der Waals surface area contributed by atoms with E-state index in [2.05, 4.69) is 289 Å². The maximum atomic E-state index is 6.45. The molecule has 0 bridgehead atoms. The molecule has 0 radical (unpaired) electrons. The fourth-order valence-corrected chi connectivity index (χ4v) is 11.1. The van der Waals surface area contributed by atoms with Gasteiger partial charge in [-0.2, -0.15) is 0 Å². The van der Waals surface area contributed by atoms with Crippen molar-refractivity contribution in [1.82, 2.24) is 4.57 Å². The van der Waals surface area contributed by atoms with Gasteiger partial charge in [0.1, 0.15) is 11.2 Å². The van der Waals surface area contributed by atoms with Crippen molar-refractivity contribution in [2.75, 3.05) is 4.90 Å². The highest BCUT2D eigenvalue weighted by Crippen LogP contribution is 2.42. The summed E-state index contributed by atoms with van der Waals surface area (Å²) in [5.41, 5.74) is 22.6. The standard InChI is InChI=1S/C72H48N2O/c1-2-15-49(16-3-1)55-17-12-18-56(47-55)52-37-43-60(44-38-52)73(61-45-39-53(40-46-61)57-19-13-20-58(48-57)63-25-14-26-67-66-24-7-11-30-71(66)75-72(63)67)59-41-35-51(36-42-59)50-31-33-54(34-32-50)62-21-4-8-27-68(62)74-69-28-9-5-22-64(69)65-23-6-10-29-70(65)74/h1-48H. The minimum Gasteiger partial charge on any atom is -0.455 e. The first-order valence-corrected chi connectivity index (χ1v) is 25.6. The Bertz CT molecular complexity index is 4320. The minimum absolute atomic E-state index is 0.904. The molecule has 14 rings (SSSR count). The molecule has 14 aromatic rings. The first-order chi connectivity index (χ1) is 37.2. The molecule has 0 spiro atoms. The van der Waals surface area contributed by atoms with Gasteiger partial charge in [-0.1, -0.05) is 218 Å². The van der Waals surface area contributed by atoms with Crippen LogP contribution in [-0.2, 0) is 0 Å². The van der Waals surface area contributed by atoms with E-state index in [4.69, 9.17) is 4.42 Å². The van der Waals surface area contributed by atoms with Crippen LogP contribution >= 0.6 is 0 Å². The second-order valence-electron chi connectivity index (χ2n) is 19.2. The molecule has 2 aromatic heterocycles. The highest BCUT2D eigenvalue weighted by Gasteiger charge is 2.18. The number of benzene rings is 12. The summed E-state index contributed by atoms with van der Waals surface area (Å²) in [4.78, 5) is 2.35. The van der Waals surface area contributed by atoms with Gasteiger partial charge in [0.25, 0.3) is 0 Å². The largest absolute Gasteiger partial charge is 0.455 e. The van der Waals surface area contributed by atoms with Crippen LogP contribution in [-0.4, -0.2) is 4.57 Å². The first-order valence-electron chi connectivity index (χ1n) is 25.6. The molecule has 75 heavy (non-hydrogen) atoms. The third kappa shape index (κ3) is 7.95. The molecule has 12 aromatic carbocycles. The van der Waals surface area contributed by atoms with Gasteiger partial charge < -0.3 is 13.9 Å². The summed E-state index contributed by atoms with van der Waals surface area (Å²) >= 11 is 0. The van der Waals surface area contributed by atoms with Gasteiger partial charge in [0, 0.05) is 49.7 Å². The Morgan fingerprint density at radius 2 is 0.640 bits per heavy atom. The fraction of sp³-hybridized carbons (Fsp3) is 0. The number of aromatic nitrogens is 1. The van der Waals surface area contributed by atoms with Crippen LogP contribution in [0.2, 0.25) is 0 Å². The highest BCUT2D eigenvalue weighted by atomic mass is 16.3. The molecule has 3 heteroatoms. The van der Waals surface area contributed by atoms with Gasteiger partial charge in [-0.05, 0) is 128 Å². The number of anilines is 3. The van der Waals surface area contributed by atoms with E-state index in [0.29, 0.717) is 0 Å². The topological polar surface area (TPSA) is 21.3 Å². The SMILES string of the molecule is c1ccc(-c2cccc(-c3ccc(N(c4ccc(-c5ccc(-c6ccccc6-n6c7ccccc7c7ccccc76)cc5)cc4)c4ccc(-c5cccc(-c6cccc7c6oc6ccccc67)c5)cc4)cc3)c2)cc1. The van der Waals surface area contributed by atoms with Crippen LogP contribution in [0.5, 0.6) is 0 Å². The molecule has 2 heterocycles. The summed E-state index contributed by atoms with van der Waals surface area (Å²) in [5, 5.41) is 4.78. The van der Waals surface area contributed by atoms with Gasteiger partial charge in [-0.25, -0.2) is 0 Å². The minimum atomic E-state index is 0.904. The molecule has 0 atom stereocenters. The number of fused-ring (bicyclic) bond motifs is 6. The van der Waals surface area contributed by atoms with E-state index in [1.165, 1.54) is 60.9 Å². The van der Waals surface area contributed by atoms with Crippen molar-refractivity contribution >= 4 is 60.8 Å². The number of rotatable bonds is 10. The van der Waals surface area contributed by atoms with Crippen molar-refractivity contribution < 1.29 is 4.42 Å². The van der Waals surface area contributed by atoms with E-state index in [-0.39, 0.29) is 0 Å². The van der Waals surface area contributed by atoms with E-state index in [1.807, 2.05) is 12.1 Å². The predicted molar refractivity (Wildman–Crippen MR) is 315 cm³/mol. The summed E-state index contributed by atoms with van der Waals surface area (Å²) in [6.07, 6.45) is 0. The first kappa shape index (κ1) is 43.8. The van der Waals surface area contributed by atoms with Crippen molar-refractivity contribution in [3.8, 4) is 72.4 Å². The van der Waals surface area contributed by atoms with Crippen molar-refractivity contribution in [2.24, 2.45) is 0 Å². The summed E-state index contributed by atoms with van der Waals surface area (Å²) < 4.78 is 8.86. The zero-order valence-electron chi connectivity index (χ0n) is 41.0. The summed E-state index contributed by atoms with van der Waals surface area (Å²) in [5.74, 6) is 0. The summed E-state index contributed by atoms with van der Waals surface area (Å²) in [7, 11) is 0. The van der Waals surface area contributed by atoms with Crippen LogP contribution < -0.4 is 4.90 Å². The Balaban J connectivity index is 0.793. The van der Waals surface area contributed by atoms with Gasteiger partial charge in [0.05, 0.1) is 16.7 Å². The fourth-order valence-electron chi connectivity index (χ4n) is 11.1. The maximum Gasteiger partial charge on any atom is 0.143 e. The van der Waals surface area contributed by atoms with Gasteiger partial charge in [-0.15, -0.1) is 0 Å². The number of hydrogen-bond acceptors (Lipinski definition) is 2. The molecule has 0 saturated heterocycles. The molecule has 0 aliphatic rings. The van der Waals surface area contributed by atoms with Crippen LogP contribution in [0.15, 0.2) is 296 Å². The predicted octanol–water partition coefficient (Wildman–Crippen LogP) is 20.2. The molecule has 0 saturated carbocycles. The highest BCUT2D eigenvalue weighted by molar-refractivity contribution is 6.11. The van der Waals surface area contributed by atoms with Crippen molar-refractivity contribution in [2.45, 2.75) is 0 Å². The van der Waals surface area contributed by atoms with Gasteiger partial charge in [0.15, 0.2) is 0 Å². The Labute approximate surface area is 436 Å². The third-order valence-electron chi connectivity index (χ3n) is 14.8. The second kappa shape index (κ2) is 18.6. The van der Waals surface area contributed by atoms with Crippen LogP contribution in [0.1, 0.15) is 0 Å². The molecule has 0 unspecified atom stereocenters. The molecule has 0 aliphatic heterocycles. The van der Waals surface area contributed by atoms with Crippen LogP contribution in [0.4, 0.5) is 17.1 Å². The van der Waals surface area contributed by atoms with Crippen LogP contribution in [0.25, 0.3) is 116 Å². The Morgan fingerprint density at radius 1 is 0.253 bits per heavy atom. The normalized spacial score (nSPS) is 11.5. The molecule has 0 aliphatic carbocycles. The second-order valence-corrected chi connectivity index (χ2v) is 19.2. The molecule has 352 valence electrons. The zero-order valence-corrected chi connectivity index (χ0v) is 41.0. The molecule has 0 fully saturated rings. The number of hydrogen-bond donors (Lipinski definition) is 0. The Hall–Kier alpha value is -9.96. The monoisotopic (exact) mass is 956 g/mol. The van der Waals surface area contributed by atoms with E-state index < -0.39 is 0 Å². The number of para-hydroxylation sites is 5. The van der Waals surface area contributed by atoms with Gasteiger partial charge >= 0.3 is 0 Å².